The first-order valence-corrected chi connectivity index (χ1v) is 7.67. The first-order valence-electron chi connectivity index (χ1n) is 7.67. The van der Waals surface area contributed by atoms with Gasteiger partial charge in [0.05, 0.1) is 11.6 Å². The van der Waals surface area contributed by atoms with Crippen molar-refractivity contribution in [3.05, 3.63) is 95.4 Å². The average Bonchev–Trinajstić information content (AvgIpc) is 2.63. The Labute approximate surface area is 140 Å². The van der Waals surface area contributed by atoms with Gasteiger partial charge in [-0.2, -0.15) is 5.26 Å². The average molecular weight is 317 g/mol. The number of nitriles is 1. The normalized spacial score (nSPS) is 11.5. The maximum absolute atomic E-state index is 14.3. The molecule has 1 aromatic heterocycles. The molecule has 1 atom stereocenters. The third kappa shape index (κ3) is 3.76. The van der Waals surface area contributed by atoms with Gasteiger partial charge in [0.1, 0.15) is 17.7 Å². The molecular formula is C20H16FN3. The van der Waals surface area contributed by atoms with Crippen LogP contribution < -0.4 is 5.32 Å². The lowest BCUT2D eigenvalue weighted by molar-refractivity contribution is 0.590. The SMILES string of the molecule is N#Cc1ccc(NC(Cc2ccccc2)c2ccccc2F)nc1. The van der Waals surface area contributed by atoms with E-state index in [9.17, 15) is 4.39 Å². The molecule has 0 spiro atoms. The van der Waals surface area contributed by atoms with E-state index in [4.69, 9.17) is 5.26 Å². The predicted octanol–water partition coefficient (Wildman–Crippen LogP) is 4.49. The van der Waals surface area contributed by atoms with Crippen LogP contribution in [0.2, 0.25) is 0 Å². The number of hydrogen-bond donors (Lipinski definition) is 1. The Morgan fingerprint density at radius 2 is 1.75 bits per heavy atom. The quantitative estimate of drug-likeness (QED) is 0.754. The molecule has 0 saturated heterocycles. The number of rotatable bonds is 5. The van der Waals surface area contributed by atoms with E-state index in [1.807, 2.05) is 42.5 Å². The number of nitrogens with zero attached hydrogens (tertiary/aromatic N) is 2. The molecule has 0 amide bonds. The van der Waals surface area contributed by atoms with Gasteiger partial charge in [-0.1, -0.05) is 48.5 Å². The van der Waals surface area contributed by atoms with Gasteiger partial charge in [0.15, 0.2) is 0 Å². The summed E-state index contributed by atoms with van der Waals surface area (Å²) in [6, 6.07) is 21.9. The van der Waals surface area contributed by atoms with Gasteiger partial charge in [0.2, 0.25) is 0 Å². The third-order valence-corrected chi connectivity index (χ3v) is 3.78. The maximum atomic E-state index is 14.3. The second-order valence-electron chi connectivity index (χ2n) is 5.45. The van der Waals surface area contributed by atoms with Gasteiger partial charge in [-0.3, -0.25) is 0 Å². The summed E-state index contributed by atoms with van der Waals surface area (Å²) in [6.07, 6.45) is 2.13. The topological polar surface area (TPSA) is 48.7 Å². The zero-order valence-electron chi connectivity index (χ0n) is 13.0. The van der Waals surface area contributed by atoms with E-state index in [1.165, 1.54) is 12.3 Å². The molecule has 1 heterocycles. The minimum Gasteiger partial charge on any atom is -0.363 e. The van der Waals surface area contributed by atoms with E-state index in [0.717, 1.165) is 5.56 Å². The van der Waals surface area contributed by atoms with Crippen LogP contribution in [-0.2, 0) is 6.42 Å². The molecule has 0 saturated carbocycles. The second kappa shape index (κ2) is 7.38. The van der Waals surface area contributed by atoms with E-state index in [0.29, 0.717) is 23.4 Å². The smallest absolute Gasteiger partial charge is 0.128 e. The van der Waals surface area contributed by atoms with Crippen molar-refractivity contribution in [2.45, 2.75) is 12.5 Å². The third-order valence-electron chi connectivity index (χ3n) is 3.78. The first-order chi connectivity index (χ1) is 11.8. The summed E-state index contributed by atoms with van der Waals surface area (Å²) in [5.74, 6) is 0.359. The fourth-order valence-electron chi connectivity index (χ4n) is 2.57. The highest BCUT2D eigenvalue weighted by Crippen LogP contribution is 2.25. The standard InChI is InChI=1S/C20H16FN3/c21-18-9-5-4-8-17(18)19(12-15-6-2-1-3-7-15)24-20-11-10-16(13-22)14-23-20/h1-11,14,19H,12H2,(H,23,24). The largest absolute Gasteiger partial charge is 0.363 e. The molecule has 118 valence electrons. The van der Waals surface area contributed by atoms with Crippen molar-refractivity contribution in [3.63, 3.8) is 0 Å². The van der Waals surface area contributed by atoms with Crippen LogP contribution in [0.5, 0.6) is 0 Å². The summed E-state index contributed by atoms with van der Waals surface area (Å²) < 4.78 is 14.3. The van der Waals surface area contributed by atoms with Crippen molar-refractivity contribution in [2.24, 2.45) is 0 Å². The number of nitrogens with one attached hydrogen (secondary N) is 1. The monoisotopic (exact) mass is 317 g/mol. The van der Waals surface area contributed by atoms with Crippen LogP contribution in [0.4, 0.5) is 10.2 Å². The fourth-order valence-corrected chi connectivity index (χ4v) is 2.57. The summed E-state index contributed by atoms with van der Waals surface area (Å²) in [7, 11) is 0. The highest BCUT2D eigenvalue weighted by molar-refractivity contribution is 5.42. The molecule has 2 aromatic carbocycles. The van der Waals surface area contributed by atoms with E-state index < -0.39 is 0 Å². The maximum Gasteiger partial charge on any atom is 0.128 e. The lowest BCUT2D eigenvalue weighted by Gasteiger charge is -2.20. The van der Waals surface area contributed by atoms with Gasteiger partial charge >= 0.3 is 0 Å². The van der Waals surface area contributed by atoms with Crippen LogP contribution >= 0.6 is 0 Å². The van der Waals surface area contributed by atoms with Crippen LogP contribution in [0.25, 0.3) is 0 Å². The van der Waals surface area contributed by atoms with Gasteiger partial charge in [-0.05, 0) is 30.2 Å². The Morgan fingerprint density at radius 3 is 2.42 bits per heavy atom. The van der Waals surface area contributed by atoms with Crippen LogP contribution in [0.1, 0.15) is 22.7 Å². The van der Waals surface area contributed by atoms with E-state index in [1.54, 1.807) is 24.3 Å². The second-order valence-corrected chi connectivity index (χ2v) is 5.45. The number of halogens is 1. The van der Waals surface area contributed by atoms with Gasteiger partial charge in [0.25, 0.3) is 0 Å². The summed E-state index contributed by atoms with van der Waals surface area (Å²) in [5, 5.41) is 12.1. The van der Waals surface area contributed by atoms with Crippen LogP contribution in [-0.4, -0.2) is 4.98 Å². The minimum atomic E-state index is -0.256. The highest BCUT2D eigenvalue weighted by Gasteiger charge is 2.16. The van der Waals surface area contributed by atoms with Crippen LogP contribution in [0, 0.1) is 17.1 Å². The molecule has 4 heteroatoms. The van der Waals surface area contributed by atoms with Crippen molar-refractivity contribution in [1.82, 2.24) is 4.98 Å². The Balaban J connectivity index is 1.89. The molecule has 0 aliphatic carbocycles. The van der Waals surface area contributed by atoms with Gasteiger partial charge < -0.3 is 5.32 Å². The highest BCUT2D eigenvalue weighted by atomic mass is 19.1. The lowest BCUT2D eigenvalue weighted by Crippen LogP contribution is -2.16. The summed E-state index contributed by atoms with van der Waals surface area (Å²) in [5.41, 5.74) is 2.19. The van der Waals surface area contributed by atoms with Crippen molar-refractivity contribution in [3.8, 4) is 6.07 Å². The molecule has 0 fully saturated rings. The zero-order chi connectivity index (χ0) is 16.8. The Kier molecular flexibility index (Phi) is 4.83. The van der Waals surface area contributed by atoms with E-state index in [-0.39, 0.29) is 11.9 Å². The Hall–Kier alpha value is -3.19. The van der Waals surface area contributed by atoms with Crippen LogP contribution in [0.15, 0.2) is 72.9 Å². The molecule has 3 nitrogen and oxygen atoms in total. The molecule has 0 aliphatic rings. The van der Waals surface area contributed by atoms with Gasteiger partial charge in [-0.15, -0.1) is 0 Å². The molecular weight excluding hydrogens is 301 g/mol. The number of pyridine rings is 1. The molecule has 0 aliphatic heterocycles. The Bertz CT molecular complexity index is 839. The Morgan fingerprint density at radius 1 is 1.00 bits per heavy atom. The molecule has 1 N–H and O–H groups in total. The molecule has 3 aromatic rings. The van der Waals surface area contributed by atoms with Crippen molar-refractivity contribution < 1.29 is 4.39 Å². The van der Waals surface area contributed by atoms with E-state index >= 15 is 0 Å². The first kappa shape index (κ1) is 15.7. The molecule has 0 radical (unpaired) electrons. The van der Waals surface area contributed by atoms with Crippen molar-refractivity contribution in [2.75, 3.05) is 5.32 Å². The van der Waals surface area contributed by atoms with Gasteiger partial charge in [-0.25, -0.2) is 9.37 Å². The van der Waals surface area contributed by atoms with Gasteiger partial charge in [0, 0.05) is 11.8 Å². The minimum absolute atomic E-state index is 0.250. The summed E-state index contributed by atoms with van der Waals surface area (Å²) >= 11 is 0. The number of aromatic nitrogens is 1. The lowest BCUT2D eigenvalue weighted by atomic mass is 9.98. The predicted molar refractivity (Wildman–Crippen MR) is 91.9 cm³/mol. The van der Waals surface area contributed by atoms with Crippen LogP contribution in [0.3, 0.4) is 0 Å². The zero-order valence-corrected chi connectivity index (χ0v) is 13.0. The molecule has 1 unspecified atom stereocenters. The molecule has 0 bridgehead atoms. The fraction of sp³-hybridized carbons (Fsp3) is 0.100. The number of hydrogen-bond acceptors (Lipinski definition) is 3. The van der Waals surface area contributed by atoms with Crippen molar-refractivity contribution >= 4 is 5.82 Å². The summed E-state index contributed by atoms with van der Waals surface area (Å²) in [6.45, 7) is 0. The molecule has 24 heavy (non-hydrogen) atoms. The molecule has 3 rings (SSSR count). The summed E-state index contributed by atoms with van der Waals surface area (Å²) in [4.78, 5) is 4.23. The van der Waals surface area contributed by atoms with E-state index in [2.05, 4.69) is 10.3 Å². The van der Waals surface area contributed by atoms with Crippen molar-refractivity contribution in [1.29, 1.82) is 5.26 Å². The number of anilines is 1. The number of benzene rings is 2.